The molecule has 3 aromatic heterocycles. The quantitative estimate of drug-likeness (QED) is 0.132. The number of pyridine rings is 3. The summed E-state index contributed by atoms with van der Waals surface area (Å²) in [5, 5.41) is 13.8. The number of hydrogen-bond acceptors (Lipinski definition) is 15. The molecule has 0 bridgehead atoms. The Morgan fingerprint density at radius 2 is 0.674 bits per heavy atom. The highest BCUT2D eigenvalue weighted by atomic mass is 16.7. The van der Waals surface area contributed by atoms with Crippen molar-refractivity contribution in [3.63, 3.8) is 0 Å². The fourth-order valence-corrected chi connectivity index (χ4v) is 16.3. The SMILES string of the molecule is CC(C)(C)c1ccc2c(c1)CCCN2.CC(C)(C)c1ccc2c(c1)NCC=C2.CC(C)(C)c1ccc2c(c1)OCCN2.CC(C)(C)c1ccc2c(c1)OCCO2.CC(C)(C)c1ccc2c(c1)OCO2.CC(C)(C)c1ccc2cccnc2c1.CC(C)(C)c1cccc2c1OCCO2.CC(C)(C)c1cccc2c1OCO2.CC(C)(C)c1cccc2cccnc12.CC(C)(C)c1cccc2ncccc12. The fourth-order valence-electron chi connectivity index (χ4n) is 16.3. The molecule has 13 aromatic rings. The predicted molar refractivity (Wildman–Crippen MR) is 580 cm³/mol. The average Bonchev–Trinajstić information content (AvgIpc) is 1.40. The van der Waals surface area contributed by atoms with Crippen LogP contribution in [0.1, 0.15) is 281 Å². The van der Waals surface area contributed by atoms with Crippen LogP contribution >= 0.6 is 0 Å². The van der Waals surface area contributed by atoms with E-state index in [1.165, 1.54) is 107 Å². The van der Waals surface area contributed by atoms with Gasteiger partial charge in [-0.2, -0.15) is 0 Å². The molecule has 0 saturated carbocycles. The molecule has 15 heteroatoms. The molecule has 7 aliphatic rings. The van der Waals surface area contributed by atoms with Crippen molar-refractivity contribution in [3.05, 3.63) is 310 Å². The molecule has 3 N–H and O–H groups in total. The van der Waals surface area contributed by atoms with Gasteiger partial charge in [0.2, 0.25) is 13.6 Å². The van der Waals surface area contributed by atoms with Crippen molar-refractivity contribution in [3.8, 4) is 51.7 Å². The van der Waals surface area contributed by atoms with Crippen LogP contribution in [0.3, 0.4) is 0 Å². The topological polar surface area (TPSA) is 158 Å². The largest absolute Gasteiger partial charge is 0.490 e. The number of fused-ring (bicyclic) bond motifs is 10. The van der Waals surface area contributed by atoms with E-state index in [1.807, 2.05) is 73.2 Å². The molecule has 0 amide bonds. The van der Waals surface area contributed by atoms with E-state index in [1.54, 1.807) is 0 Å². The number of hydrogen-bond donors (Lipinski definition) is 3. The van der Waals surface area contributed by atoms with E-state index in [4.69, 9.17) is 42.6 Å². The normalized spacial score (nSPS) is 14.2. The van der Waals surface area contributed by atoms with Crippen LogP contribution in [0, 0.1) is 0 Å². The minimum absolute atomic E-state index is 0.103. The van der Waals surface area contributed by atoms with Gasteiger partial charge in [-0.05, 0) is 214 Å². The zero-order chi connectivity index (χ0) is 100. The molecule has 0 atom stereocenters. The third kappa shape index (κ3) is 29.9. The van der Waals surface area contributed by atoms with Crippen molar-refractivity contribution in [1.82, 2.24) is 15.0 Å². The van der Waals surface area contributed by atoms with Crippen LogP contribution in [0.4, 0.5) is 17.1 Å². The lowest BCUT2D eigenvalue weighted by atomic mass is 9.84. The summed E-state index contributed by atoms with van der Waals surface area (Å²) in [6.45, 7) is 73.4. The summed E-state index contributed by atoms with van der Waals surface area (Å²) in [6, 6.07) is 75.9. The molecule has 0 spiro atoms. The molecular formula is C123H158N6O9. The zero-order valence-corrected chi connectivity index (χ0v) is 88.7. The molecule has 15 nitrogen and oxygen atoms in total. The molecule has 10 aromatic carbocycles. The molecule has 20 rings (SSSR count). The molecule has 0 aliphatic carbocycles. The molecule has 138 heavy (non-hydrogen) atoms. The van der Waals surface area contributed by atoms with Gasteiger partial charge in [-0.25, -0.2) is 0 Å². The molecule has 0 saturated heterocycles. The second-order valence-electron chi connectivity index (χ2n) is 46.4. The van der Waals surface area contributed by atoms with Crippen LogP contribution in [0.2, 0.25) is 0 Å². The molecule has 0 unspecified atom stereocenters. The van der Waals surface area contributed by atoms with E-state index in [-0.39, 0.29) is 54.1 Å². The van der Waals surface area contributed by atoms with Crippen molar-refractivity contribution in [2.24, 2.45) is 0 Å². The highest BCUT2D eigenvalue weighted by Crippen LogP contribution is 2.45. The third-order valence-electron chi connectivity index (χ3n) is 24.7. The maximum Gasteiger partial charge on any atom is 0.231 e. The Morgan fingerprint density at radius 3 is 1.28 bits per heavy atom. The number of ether oxygens (including phenoxy) is 9. The summed E-state index contributed by atoms with van der Waals surface area (Å²) in [5.41, 5.74) is 24.7. The van der Waals surface area contributed by atoms with Crippen molar-refractivity contribution >= 4 is 55.8 Å². The van der Waals surface area contributed by atoms with Crippen molar-refractivity contribution in [2.45, 2.75) is 275 Å². The summed E-state index contributed by atoms with van der Waals surface area (Å²) >= 11 is 0. The van der Waals surface area contributed by atoms with Crippen LogP contribution in [0.5, 0.6) is 51.7 Å². The molecule has 0 fully saturated rings. The first-order chi connectivity index (χ1) is 64.8. The lowest BCUT2D eigenvalue weighted by Gasteiger charge is -2.27. The van der Waals surface area contributed by atoms with Crippen molar-refractivity contribution in [2.75, 3.05) is 82.2 Å². The number of nitrogens with zero attached hydrogens (tertiary/aromatic N) is 3. The Kier molecular flexibility index (Phi) is 34.7. The van der Waals surface area contributed by atoms with E-state index in [0.29, 0.717) is 40.0 Å². The molecule has 10 heterocycles. The van der Waals surface area contributed by atoms with Gasteiger partial charge in [0.25, 0.3) is 0 Å². The Morgan fingerprint density at radius 1 is 0.261 bits per heavy atom. The number of aromatic nitrogens is 3. The second kappa shape index (κ2) is 45.1. The van der Waals surface area contributed by atoms with Gasteiger partial charge < -0.3 is 58.6 Å². The van der Waals surface area contributed by atoms with E-state index in [2.05, 4.69) is 415 Å². The van der Waals surface area contributed by atoms with Crippen LogP contribution < -0.4 is 58.6 Å². The Labute approximate surface area is 826 Å². The van der Waals surface area contributed by atoms with Gasteiger partial charge in [-0.3, -0.25) is 15.0 Å². The number of benzene rings is 10. The number of anilines is 3. The summed E-state index contributed by atoms with van der Waals surface area (Å²) in [4.78, 5) is 13.2. The predicted octanol–water partition coefficient (Wildman–Crippen LogP) is 31.1. The maximum absolute atomic E-state index is 5.66. The summed E-state index contributed by atoms with van der Waals surface area (Å²) < 4.78 is 49.1. The maximum atomic E-state index is 5.66. The number of aryl methyl sites for hydroxylation is 1. The molecule has 7 aliphatic heterocycles. The van der Waals surface area contributed by atoms with E-state index in [9.17, 15) is 0 Å². The van der Waals surface area contributed by atoms with Crippen molar-refractivity contribution in [1.29, 1.82) is 0 Å². The van der Waals surface area contributed by atoms with Crippen LogP contribution in [-0.2, 0) is 60.6 Å². The molecular weight excluding hydrogens is 1710 g/mol. The molecule has 0 radical (unpaired) electrons. The van der Waals surface area contributed by atoms with Gasteiger partial charge in [0.15, 0.2) is 46.0 Å². The Balaban J connectivity index is 0.000000147. The lowest BCUT2D eigenvalue weighted by molar-refractivity contribution is 0.168. The third-order valence-corrected chi connectivity index (χ3v) is 24.7. The Bertz CT molecular complexity index is 5960. The van der Waals surface area contributed by atoms with Gasteiger partial charge >= 0.3 is 0 Å². The number of rotatable bonds is 0. The van der Waals surface area contributed by atoms with E-state index < -0.39 is 0 Å². The van der Waals surface area contributed by atoms with Gasteiger partial charge in [0, 0.05) is 76.9 Å². The lowest BCUT2D eigenvalue weighted by Crippen LogP contribution is -2.20. The highest BCUT2D eigenvalue weighted by Gasteiger charge is 2.29. The first kappa shape index (κ1) is 106. The van der Waals surface area contributed by atoms with Crippen LogP contribution in [0.25, 0.3) is 38.8 Å². The van der Waals surface area contributed by atoms with Gasteiger partial charge in [-0.15, -0.1) is 0 Å². The summed E-state index contributed by atoms with van der Waals surface area (Å²) in [7, 11) is 0. The highest BCUT2D eigenvalue weighted by molar-refractivity contribution is 5.84. The monoisotopic (exact) mass is 1860 g/mol. The first-order valence-electron chi connectivity index (χ1n) is 49.3. The van der Waals surface area contributed by atoms with Crippen LogP contribution in [0.15, 0.2) is 243 Å². The smallest absolute Gasteiger partial charge is 0.231 e. The van der Waals surface area contributed by atoms with Gasteiger partial charge in [-0.1, -0.05) is 347 Å². The summed E-state index contributed by atoms with van der Waals surface area (Å²) in [5.74, 6) is 8.04. The minimum atomic E-state index is 0.103. The first-order valence-corrected chi connectivity index (χ1v) is 49.3. The standard InChI is InChI=1S/2C13H15N.C13H19N.C13H17N.C13H15N.C12H17NO.2C12H16O2.2C11H14O2/c1-13(2,3)11-7-4-8-12-10(11)6-5-9-14-12;1-13(2,3)11-8-4-6-10-7-5-9-14-12(10)11;1-13(2,3)11-6-7-12-10(9-11)5-4-8-14-12;2*1-13(2,3)11-7-6-10-5-4-8-14-12(10)9-11;2*1-12(2,3)9-4-5-10-11(8-9)14-7-6-13-10;1-12(2,3)9-5-4-6-10-11(9)14-8-7-13-10;1-11(2,3)8-4-5-9-10(6-8)13-7-12-9;1-11(2,3)8-5-4-6-9-10(8)13-7-12-9/h2*4-9H,1-3H3;6-7,9,14H,4-5,8H2,1-3H3;4-7,9,14H,8H2,1-3H3;4-9H,1-3H3;4-5,8,13H,6-7H2,1-3H3;4-5,8H,6-7H2,1-3H3;4-6H,7-8H2,1-3H3;2*4-6H,7H2,1-3H3. The molecule has 734 valence electrons. The number of para-hydroxylation sites is 3. The average molecular weight is 1860 g/mol. The van der Waals surface area contributed by atoms with Crippen LogP contribution in [-0.4, -0.2) is 81.2 Å². The van der Waals surface area contributed by atoms with Gasteiger partial charge in [0.05, 0.1) is 22.2 Å². The fraction of sp³-hybridized carbons (Fsp3) is 0.423. The Hall–Kier alpha value is -12.2. The minimum Gasteiger partial charge on any atom is -0.490 e. The number of nitrogens with one attached hydrogen (secondary N) is 3. The van der Waals surface area contributed by atoms with E-state index >= 15 is 0 Å². The zero-order valence-electron chi connectivity index (χ0n) is 88.7. The van der Waals surface area contributed by atoms with Gasteiger partial charge in [0.1, 0.15) is 38.8 Å². The van der Waals surface area contributed by atoms with E-state index in [0.717, 1.165) is 100 Å². The second-order valence-corrected chi connectivity index (χ2v) is 46.4. The van der Waals surface area contributed by atoms with Crippen molar-refractivity contribution < 1.29 is 42.6 Å². The summed E-state index contributed by atoms with van der Waals surface area (Å²) in [6.07, 6.45) is 12.4.